The van der Waals surface area contributed by atoms with Gasteiger partial charge in [-0.1, -0.05) is 5.16 Å². The number of nitrogens with one attached hydrogen (secondary N) is 2. The molecule has 1 amide bonds. The molecule has 0 aliphatic carbocycles. The van der Waals surface area contributed by atoms with Gasteiger partial charge in [0.05, 0.1) is 22.3 Å². The number of nitrogens with zero attached hydrogens (tertiary/aromatic N) is 2. The Balaban J connectivity index is 1.77. The van der Waals surface area contributed by atoms with E-state index >= 15 is 0 Å². The molecule has 0 bridgehead atoms. The molecule has 1 aliphatic heterocycles. The molecule has 1 atom stereocenters. The number of pyridine rings is 1. The van der Waals surface area contributed by atoms with Gasteiger partial charge in [0.25, 0.3) is 11.6 Å². The Labute approximate surface area is 151 Å². The van der Waals surface area contributed by atoms with Crippen LogP contribution in [0.1, 0.15) is 40.4 Å². The van der Waals surface area contributed by atoms with E-state index in [1.165, 1.54) is 0 Å². The van der Waals surface area contributed by atoms with Crippen LogP contribution in [0.3, 0.4) is 0 Å². The molecule has 0 spiro atoms. The van der Waals surface area contributed by atoms with Crippen molar-refractivity contribution in [2.24, 2.45) is 0 Å². The molecular formula is C19H22N4O3. The Hall–Kier alpha value is -2.67. The molecule has 0 radical (unpaired) electrons. The highest BCUT2D eigenvalue weighted by Gasteiger charge is 2.23. The highest BCUT2D eigenvalue weighted by molar-refractivity contribution is 6.07. The van der Waals surface area contributed by atoms with Crippen LogP contribution in [-0.2, 0) is 0 Å². The molecule has 0 aromatic carbocycles. The second kappa shape index (κ2) is 6.57. The Morgan fingerprint density at radius 3 is 2.85 bits per heavy atom. The number of rotatable bonds is 3. The highest BCUT2D eigenvalue weighted by atomic mass is 16.5. The first kappa shape index (κ1) is 16.8. The van der Waals surface area contributed by atoms with E-state index in [0.717, 1.165) is 43.0 Å². The van der Waals surface area contributed by atoms with Crippen LogP contribution in [0.2, 0.25) is 0 Å². The van der Waals surface area contributed by atoms with Gasteiger partial charge in [-0.2, -0.15) is 0 Å². The van der Waals surface area contributed by atoms with Crippen LogP contribution in [-0.4, -0.2) is 35.2 Å². The molecule has 7 nitrogen and oxygen atoms in total. The topological polar surface area (TPSA) is 93.2 Å². The first-order valence-corrected chi connectivity index (χ1v) is 8.89. The second-order valence-corrected chi connectivity index (χ2v) is 6.85. The normalized spacial score (nSPS) is 17.6. The molecule has 3 aromatic heterocycles. The van der Waals surface area contributed by atoms with Gasteiger partial charge in [0.1, 0.15) is 11.5 Å². The van der Waals surface area contributed by atoms with Crippen LogP contribution >= 0.6 is 0 Å². The number of amides is 1. The maximum atomic E-state index is 13.0. The van der Waals surface area contributed by atoms with Crippen LogP contribution in [0, 0.1) is 20.8 Å². The van der Waals surface area contributed by atoms with Gasteiger partial charge in [0, 0.05) is 18.2 Å². The maximum Gasteiger partial charge on any atom is 0.259 e. The summed E-state index contributed by atoms with van der Waals surface area (Å²) in [5, 5.41) is 11.1. The van der Waals surface area contributed by atoms with Crippen molar-refractivity contribution in [3.05, 3.63) is 34.9 Å². The zero-order valence-electron chi connectivity index (χ0n) is 15.2. The molecule has 3 aromatic rings. The van der Waals surface area contributed by atoms with E-state index in [2.05, 4.69) is 20.8 Å². The van der Waals surface area contributed by atoms with E-state index in [4.69, 9.17) is 8.94 Å². The summed E-state index contributed by atoms with van der Waals surface area (Å²) in [7, 11) is 0. The van der Waals surface area contributed by atoms with Gasteiger partial charge in [-0.05, 0) is 52.3 Å². The first-order valence-electron chi connectivity index (χ1n) is 8.89. The van der Waals surface area contributed by atoms with Gasteiger partial charge in [0.2, 0.25) is 0 Å². The summed E-state index contributed by atoms with van der Waals surface area (Å²) in [6.45, 7) is 7.37. The fourth-order valence-electron chi connectivity index (χ4n) is 3.54. The number of furan rings is 1. The highest BCUT2D eigenvalue weighted by Crippen LogP contribution is 2.30. The van der Waals surface area contributed by atoms with Crippen molar-refractivity contribution in [3.8, 4) is 11.3 Å². The Morgan fingerprint density at radius 2 is 2.15 bits per heavy atom. The number of aromatic nitrogens is 2. The molecule has 1 unspecified atom stereocenters. The molecule has 136 valence electrons. The van der Waals surface area contributed by atoms with E-state index in [0.29, 0.717) is 28.1 Å². The predicted octanol–water partition coefficient (Wildman–Crippen LogP) is 2.89. The van der Waals surface area contributed by atoms with Crippen LogP contribution in [0.5, 0.6) is 0 Å². The number of hydrogen-bond acceptors (Lipinski definition) is 6. The largest absolute Gasteiger partial charge is 0.466 e. The van der Waals surface area contributed by atoms with Gasteiger partial charge in [-0.3, -0.25) is 4.79 Å². The quantitative estimate of drug-likeness (QED) is 0.751. The molecule has 0 saturated carbocycles. The van der Waals surface area contributed by atoms with E-state index in [1.54, 1.807) is 6.07 Å². The predicted molar refractivity (Wildman–Crippen MR) is 97.1 cm³/mol. The lowest BCUT2D eigenvalue weighted by atomic mass is 10.0. The number of carbonyl (C=O) groups excluding carboxylic acids is 1. The van der Waals surface area contributed by atoms with Crippen LogP contribution in [0.15, 0.2) is 21.1 Å². The van der Waals surface area contributed by atoms with Gasteiger partial charge in [-0.25, -0.2) is 4.98 Å². The monoisotopic (exact) mass is 354 g/mol. The van der Waals surface area contributed by atoms with Gasteiger partial charge in [-0.15, -0.1) is 0 Å². The Kier molecular flexibility index (Phi) is 4.24. The second-order valence-electron chi connectivity index (χ2n) is 6.85. The first-order chi connectivity index (χ1) is 12.5. The minimum absolute atomic E-state index is 0.126. The lowest BCUT2D eigenvalue weighted by Gasteiger charge is -2.24. The molecule has 26 heavy (non-hydrogen) atoms. The smallest absolute Gasteiger partial charge is 0.259 e. The zero-order valence-corrected chi connectivity index (χ0v) is 15.2. The number of carbonyl (C=O) groups is 1. The Morgan fingerprint density at radius 1 is 1.31 bits per heavy atom. The summed E-state index contributed by atoms with van der Waals surface area (Å²) < 4.78 is 11.0. The van der Waals surface area contributed by atoms with E-state index in [-0.39, 0.29) is 11.9 Å². The minimum atomic E-state index is -0.128. The average molecular weight is 354 g/mol. The summed E-state index contributed by atoms with van der Waals surface area (Å²) in [5.41, 5.74) is 3.06. The third-order valence-electron chi connectivity index (χ3n) is 4.81. The molecule has 1 aliphatic rings. The molecular weight excluding hydrogens is 332 g/mol. The number of piperidine rings is 1. The van der Waals surface area contributed by atoms with Crippen molar-refractivity contribution in [1.82, 2.24) is 20.8 Å². The molecule has 7 heteroatoms. The summed E-state index contributed by atoms with van der Waals surface area (Å²) >= 11 is 0. The van der Waals surface area contributed by atoms with Crippen molar-refractivity contribution in [3.63, 3.8) is 0 Å². The molecule has 1 fully saturated rings. The number of aryl methyl sites for hydroxylation is 3. The number of hydrogen-bond donors (Lipinski definition) is 2. The van der Waals surface area contributed by atoms with Crippen molar-refractivity contribution < 1.29 is 13.7 Å². The van der Waals surface area contributed by atoms with E-state index < -0.39 is 0 Å². The summed E-state index contributed by atoms with van der Waals surface area (Å²) in [6, 6.07) is 3.84. The summed E-state index contributed by atoms with van der Waals surface area (Å²) in [5.74, 6) is 1.43. The fraction of sp³-hybridized carbons (Fsp3) is 0.421. The van der Waals surface area contributed by atoms with Crippen LogP contribution in [0.25, 0.3) is 22.4 Å². The van der Waals surface area contributed by atoms with Gasteiger partial charge >= 0.3 is 0 Å². The fourth-order valence-corrected chi connectivity index (χ4v) is 3.54. The minimum Gasteiger partial charge on any atom is -0.466 e. The molecule has 2 N–H and O–H groups in total. The lowest BCUT2D eigenvalue weighted by Crippen LogP contribution is -2.45. The van der Waals surface area contributed by atoms with Crippen molar-refractivity contribution >= 4 is 17.0 Å². The average Bonchev–Trinajstić information content (AvgIpc) is 3.17. The summed E-state index contributed by atoms with van der Waals surface area (Å²) in [4.78, 5) is 17.5. The number of fused-ring (bicyclic) bond motifs is 1. The lowest BCUT2D eigenvalue weighted by molar-refractivity contribution is 0.0932. The molecule has 4 heterocycles. The van der Waals surface area contributed by atoms with Crippen LogP contribution in [0.4, 0.5) is 0 Å². The van der Waals surface area contributed by atoms with Gasteiger partial charge in [0.15, 0.2) is 0 Å². The third kappa shape index (κ3) is 2.99. The molecule has 1 saturated heterocycles. The van der Waals surface area contributed by atoms with Crippen molar-refractivity contribution in [2.45, 2.75) is 39.7 Å². The molecule has 4 rings (SSSR count). The van der Waals surface area contributed by atoms with E-state index in [1.807, 2.05) is 26.8 Å². The SMILES string of the molecule is Cc1cc(-c2cc(C(=O)NC3CCCNC3)c3c(C)noc3n2)c(C)o1. The maximum absolute atomic E-state index is 13.0. The van der Waals surface area contributed by atoms with Crippen molar-refractivity contribution in [1.29, 1.82) is 0 Å². The summed E-state index contributed by atoms with van der Waals surface area (Å²) in [6.07, 6.45) is 2.03. The Bertz CT molecular complexity index is 967. The zero-order chi connectivity index (χ0) is 18.3. The third-order valence-corrected chi connectivity index (χ3v) is 4.81. The van der Waals surface area contributed by atoms with Crippen LogP contribution < -0.4 is 10.6 Å². The standard InChI is InChI=1S/C19H22N4O3/c1-10-7-14(12(3)25-10)16-8-15(17-11(2)23-26-19(17)22-16)18(24)21-13-5-4-6-20-9-13/h7-8,13,20H,4-6,9H2,1-3H3,(H,21,24). The van der Waals surface area contributed by atoms with E-state index in [9.17, 15) is 4.79 Å². The van der Waals surface area contributed by atoms with Crippen molar-refractivity contribution in [2.75, 3.05) is 13.1 Å². The van der Waals surface area contributed by atoms with Gasteiger partial charge < -0.3 is 19.6 Å².